The molecule has 19 heavy (non-hydrogen) atoms. The van der Waals surface area contributed by atoms with Gasteiger partial charge in [-0.3, -0.25) is 0 Å². The number of nitriles is 1. The first-order valence-corrected chi connectivity index (χ1v) is 6.08. The van der Waals surface area contributed by atoms with Gasteiger partial charge in [0.05, 0.1) is 24.4 Å². The highest BCUT2D eigenvalue weighted by Gasteiger charge is 2.07. The third-order valence-corrected chi connectivity index (χ3v) is 2.97. The van der Waals surface area contributed by atoms with Crippen LogP contribution in [0.5, 0.6) is 5.75 Å². The SMILES string of the molecule is COc1ccccc1N(C)Cc1cccc(C#N)c1. The Labute approximate surface area is 113 Å². The Balaban J connectivity index is 2.21. The molecule has 0 saturated carbocycles. The van der Waals surface area contributed by atoms with Crippen molar-refractivity contribution < 1.29 is 4.74 Å². The second-order valence-electron chi connectivity index (χ2n) is 4.34. The van der Waals surface area contributed by atoms with Gasteiger partial charge < -0.3 is 9.64 Å². The lowest BCUT2D eigenvalue weighted by Gasteiger charge is -2.21. The van der Waals surface area contributed by atoms with Gasteiger partial charge in [0, 0.05) is 13.6 Å². The van der Waals surface area contributed by atoms with Gasteiger partial charge in [0.25, 0.3) is 0 Å². The van der Waals surface area contributed by atoms with Crippen molar-refractivity contribution in [3.8, 4) is 11.8 Å². The molecule has 0 unspecified atom stereocenters. The zero-order chi connectivity index (χ0) is 13.7. The lowest BCUT2D eigenvalue weighted by molar-refractivity contribution is 0.415. The molecule has 0 N–H and O–H groups in total. The molecule has 96 valence electrons. The third-order valence-electron chi connectivity index (χ3n) is 2.97. The molecule has 0 aromatic heterocycles. The fourth-order valence-corrected chi connectivity index (χ4v) is 2.04. The van der Waals surface area contributed by atoms with Crippen molar-refractivity contribution in [2.45, 2.75) is 6.54 Å². The second-order valence-corrected chi connectivity index (χ2v) is 4.34. The predicted molar refractivity (Wildman–Crippen MR) is 76.3 cm³/mol. The summed E-state index contributed by atoms with van der Waals surface area (Å²) >= 11 is 0. The molecule has 0 bridgehead atoms. The summed E-state index contributed by atoms with van der Waals surface area (Å²) in [4.78, 5) is 2.11. The fourth-order valence-electron chi connectivity index (χ4n) is 2.04. The number of hydrogen-bond acceptors (Lipinski definition) is 3. The molecule has 0 aliphatic rings. The number of rotatable bonds is 4. The van der Waals surface area contributed by atoms with E-state index in [1.807, 2.05) is 55.6 Å². The van der Waals surface area contributed by atoms with Crippen molar-refractivity contribution in [3.05, 3.63) is 59.7 Å². The van der Waals surface area contributed by atoms with Crippen molar-refractivity contribution in [1.29, 1.82) is 5.26 Å². The van der Waals surface area contributed by atoms with Crippen LogP contribution in [0.15, 0.2) is 48.5 Å². The topological polar surface area (TPSA) is 36.3 Å². The van der Waals surface area contributed by atoms with E-state index in [0.717, 1.165) is 23.5 Å². The number of anilines is 1. The van der Waals surface area contributed by atoms with Crippen molar-refractivity contribution in [1.82, 2.24) is 0 Å². The van der Waals surface area contributed by atoms with E-state index in [9.17, 15) is 0 Å². The van der Waals surface area contributed by atoms with E-state index >= 15 is 0 Å². The molecule has 2 aromatic rings. The normalized spacial score (nSPS) is 9.74. The lowest BCUT2D eigenvalue weighted by Crippen LogP contribution is -2.17. The number of ether oxygens (including phenoxy) is 1. The van der Waals surface area contributed by atoms with Crippen molar-refractivity contribution in [2.24, 2.45) is 0 Å². The van der Waals surface area contributed by atoms with E-state index in [1.165, 1.54) is 0 Å². The molecule has 0 amide bonds. The minimum atomic E-state index is 0.686. The van der Waals surface area contributed by atoms with Gasteiger partial charge in [-0.25, -0.2) is 0 Å². The first-order valence-electron chi connectivity index (χ1n) is 6.08. The van der Waals surface area contributed by atoms with Crippen LogP contribution in [-0.4, -0.2) is 14.2 Å². The van der Waals surface area contributed by atoms with Gasteiger partial charge in [0.15, 0.2) is 0 Å². The Kier molecular flexibility index (Phi) is 4.04. The molecule has 2 aromatic carbocycles. The summed E-state index contributed by atoms with van der Waals surface area (Å²) < 4.78 is 5.36. The number of benzene rings is 2. The van der Waals surface area contributed by atoms with Gasteiger partial charge in [0.2, 0.25) is 0 Å². The van der Waals surface area contributed by atoms with Crippen molar-refractivity contribution >= 4 is 5.69 Å². The standard InChI is InChI=1S/C16H16N2O/c1-18(15-8-3-4-9-16(15)19-2)12-14-7-5-6-13(10-14)11-17/h3-10H,12H2,1-2H3. The molecule has 0 heterocycles. The molecule has 0 saturated heterocycles. The molecular formula is C16H16N2O. The Morgan fingerprint density at radius 3 is 2.68 bits per heavy atom. The summed E-state index contributed by atoms with van der Waals surface area (Å²) in [6.07, 6.45) is 0. The third kappa shape index (κ3) is 3.05. The van der Waals surface area contributed by atoms with Crippen LogP contribution >= 0.6 is 0 Å². The minimum absolute atomic E-state index is 0.686. The Morgan fingerprint density at radius 1 is 1.16 bits per heavy atom. The Hall–Kier alpha value is -2.47. The van der Waals surface area contributed by atoms with E-state index < -0.39 is 0 Å². The first-order chi connectivity index (χ1) is 9.24. The molecule has 0 aliphatic heterocycles. The Morgan fingerprint density at radius 2 is 1.95 bits per heavy atom. The smallest absolute Gasteiger partial charge is 0.142 e. The van der Waals surface area contributed by atoms with Gasteiger partial charge in [0.1, 0.15) is 5.75 Å². The maximum Gasteiger partial charge on any atom is 0.142 e. The van der Waals surface area contributed by atoms with E-state index in [4.69, 9.17) is 10.00 Å². The highest BCUT2D eigenvalue weighted by atomic mass is 16.5. The van der Waals surface area contributed by atoms with E-state index in [1.54, 1.807) is 7.11 Å². The van der Waals surface area contributed by atoms with Crippen LogP contribution in [0.25, 0.3) is 0 Å². The van der Waals surface area contributed by atoms with Gasteiger partial charge in [-0.2, -0.15) is 5.26 Å². The minimum Gasteiger partial charge on any atom is -0.495 e. The van der Waals surface area contributed by atoms with Crippen LogP contribution in [-0.2, 0) is 6.54 Å². The van der Waals surface area contributed by atoms with Gasteiger partial charge in [-0.15, -0.1) is 0 Å². The van der Waals surface area contributed by atoms with Crippen LogP contribution in [0.3, 0.4) is 0 Å². The molecule has 2 rings (SSSR count). The predicted octanol–water partition coefficient (Wildman–Crippen LogP) is 3.20. The monoisotopic (exact) mass is 252 g/mol. The summed E-state index contributed by atoms with van der Waals surface area (Å²) in [5.74, 6) is 0.849. The molecule has 0 spiro atoms. The number of para-hydroxylation sites is 2. The summed E-state index contributed by atoms with van der Waals surface area (Å²) in [5, 5.41) is 8.91. The molecular weight excluding hydrogens is 236 g/mol. The average Bonchev–Trinajstić information content (AvgIpc) is 2.47. The molecule has 0 radical (unpaired) electrons. The number of nitrogens with zero attached hydrogens (tertiary/aromatic N) is 2. The lowest BCUT2D eigenvalue weighted by atomic mass is 10.1. The van der Waals surface area contributed by atoms with Crippen molar-refractivity contribution in [3.63, 3.8) is 0 Å². The molecule has 3 nitrogen and oxygen atoms in total. The molecule has 0 atom stereocenters. The van der Waals surface area contributed by atoms with Crippen LogP contribution in [0, 0.1) is 11.3 Å². The largest absolute Gasteiger partial charge is 0.495 e. The molecule has 0 fully saturated rings. The van der Waals surface area contributed by atoms with Crippen LogP contribution in [0.4, 0.5) is 5.69 Å². The van der Waals surface area contributed by atoms with Gasteiger partial charge in [-0.05, 0) is 29.8 Å². The van der Waals surface area contributed by atoms with Crippen LogP contribution < -0.4 is 9.64 Å². The second kappa shape index (κ2) is 5.92. The quantitative estimate of drug-likeness (QED) is 0.838. The number of methoxy groups -OCH3 is 1. The van der Waals surface area contributed by atoms with E-state index in [-0.39, 0.29) is 0 Å². The van der Waals surface area contributed by atoms with E-state index in [2.05, 4.69) is 11.0 Å². The summed E-state index contributed by atoms with van der Waals surface area (Å²) in [6, 6.07) is 17.7. The summed E-state index contributed by atoms with van der Waals surface area (Å²) in [7, 11) is 3.68. The summed E-state index contributed by atoms with van der Waals surface area (Å²) in [5.41, 5.74) is 2.82. The van der Waals surface area contributed by atoms with Crippen molar-refractivity contribution in [2.75, 3.05) is 19.1 Å². The fraction of sp³-hybridized carbons (Fsp3) is 0.188. The van der Waals surface area contributed by atoms with Crippen LogP contribution in [0.2, 0.25) is 0 Å². The van der Waals surface area contributed by atoms with Crippen LogP contribution in [0.1, 0.15) is 11.1 Å². The zero-order valence-corrected chi connectivity index (χ0v) is 11.1. The molecule has 3 heteroatoms. The first kappa shape index (κ1) is 13.0. The average molecular weight is 252 g/mol. The number of hydrogen-bond donors (Lipinski definition) is 0. The molecule has 0 aliphatic carbocycles. The van der Waals surface area contributed by atoms with E-state index in [0.29, 0.717) is 5.56 Å². The van der Waals surface area contributed by atoms with Gasteiger partial charge in [-0.1, -0.05) is 24.3 Å². The maximum atomic E-state index is 8.91. The van der Waals surface area contributed by atoms with Gasteiger partial charge >= 0.3 is 0 Å². The zero-order valence-electron chi connectivity index (χ0n) is 11.1. The summed E-state index contributed by atoms with van der Waals surface area (Å²) in [6.45, 7) is 0.732. The maximum absolute atomic E-state index is 8.91. The highest BCUT2D eigenvalue weighted by Crippen LogP contribution is 2.27. The Bertz CT molecular complexity index is 602. The highest BCUT2D eigenvalue weighted by molar-refractivity contribution is 5.58.